The Morgan fingerprint density at radius 2 is 1.76 bits per heavy atom. The topological polar surface area (TPSA) is 75.2 Å². The van der Waals surface area contributed by atoms with Gasteiger partial charge in [-0.2, -0.15) is 0 Å². The van der Waals surface area contributed by atoms with Crippen molar-refractivity contribution < 1.29 is 9.59 Å². The molecule has 2 aromatic heterocycles. The van der Waals surface area contributed by atoms with E-state index in [1.54, 1.807) is 23.7 Å². The molecule has 3 heterocycles. The number of hydrogen-bond donors (Lipinski definition) is 1. The molecule has 0 atom stereocenters. The molecule has 0 spiro atoms. The number of thiazole rings is 1. The van der Waals surface area contributed by atoms with Gasteiger partial charge in [0.1, 0.15) is 5.01 Å². The van der Waals surface area contributed by atoms with E-state index in [0.717, 1.165) is 27.2 Å². The molecule has 6 nitrogen and oxygen atoms in total. The Bertz CT molecular complexity index is 1290. The third-order valence-corrected chi connectivity index (χ3v) is 7.81. The first-order valence-corrected chi connectivity index (χ1v) is 12.4. The Kier molecular flexibility index (Phi) is 6.11. The van der Waals surface area contributed by atoms with Gasteiger partial charge in [0, 0.05) is 30.4 Å². The van der Waals surface area contributed by atoms with Crippen molar-refractivity contribution in [1.82, 2.24) is 14.9 Å². The summed E-state index contributed by atoms with van der Waals surface area (Å²) in [5.41, 5.74) is 2.69. The Morgan fingerprint density at radius 1 is 1.03 bits per heavy atom. The van der Waals surface area contributed by atoms with Gasteiger partial charge in [0.25, 0.3) is 5.91 Å². The first-order valence-electron chi connectivity index (χ1n) is 11.5. The van der Waals surface area contributed by atoms with E-state index < -0.39 is 5.41 Å². The third-order valence-electron chi connectivity index (χ3n) is 6.72. The van der Waals surface area contributed by atoms with Crippen LogP contribution < -0.4 is 5.32 Å². The molecule has 0 aliphatic carbocycles. The molecule has 34 heavy (non-hydrogen) atoms. The number of likely N-dealkylation sites (tertiary alicyclic amines) is 1. The summed E-state index contributed by atoms with van der Waals surface area (Å²) in [4.78, 5) is 37.1. The smallest absolute Gasteiger partial charge is 0.253 e. The zero-order valence-corrected chi connectivity index (χ0v) is 19.8. The molecule has 0 saturated carbocycles. The molecule has 0 bridgehead atoms. The van der Waals surface area contributed by atoms with E-state index in [2.05, 4.69) is 16.4 Å². The lowest BCUT2D eigenvalue weighted by Gasteiger charge is -2.40. The molecule has 7 heteroatoms. The normalized spacial score (nSPS) is 15.3. The second kappa shape index (κ2) is 9.35. The summed E-state index contributed by atoms with van der Waals surface area (Å²) < 4.78 is 1.12. The van der Waals surface area contributed by atoms with Crippen LogP contribution in [0.3, 0.4) is 0 Å². The molecule has 0 radical (unpaired) electrons. The number of carbonyl (C=O) groups excluding carboxylic acids is 2. The molecule has 1 aliphatic rings. The van der Waals surface area contributed by atoms with Gasteiger partial charge in [0.05, 0.1) is 27.5 Å². The minimum absolute atomic E-state index is 0.00920. The average Bonchev–Trinajstić information content (AvgIpc) is 3.33. The molecule has 1 N–H and O–H groups in total. The number of para-hydroxylation sites is 1. The fourth-order valence-electron chi connectivity index (χ4n) is 4.53. The number of carbonyl (C=O) groups is 2. The number of nitrogens with zero attached hydrogens (tertiary/aromatic N) is 3. The third kappa shape index (κ3) is 4.31. The second-order valence-electron chi connectivity index (χ2n) is 8.70. The number of amides is 2. The van der Waals surface area contributed by atoms with E-state index >= 15 is 0 Å². The summed E-state index contributed by atoms with van der Waals surface area (Å²) in [6.07, 6.45) is 5.44. The highest BCUT2D eigenvalue weighted by atomic mass is 32.1. The van der Waals surface area contributed by atoms with Gasteiger partial charge in [0.15, 0.2) is 0 Å². The minimum Gasteiger partial charge on any atom is -0.339 e. The van der Waals surface area contributed by atoms with Crippen LogP contribution in [-0.2, 0) is 4.79 Å². The largest absolute Gasteiger partial charge is 0.339 e. The van der Waals surface area contributed by atoms with Crippen molar-refractivity contribution in [2.45, 2.75) is 26.2 Å². The maximum absolute atomic E-state index is 13.4. The summed E-state index contributed by atoms with van der Waals surface area (Å²) in [6, 6.07) is 19.3. The predicted octanol–water partition coefficient (Wildman–Crippen LogP) is 5.63. The van der Waals surface area contributed by atoms with Crippen molar-refractivity contribution in [3.05, 3.63) is 78.6 Å². The van der Waals surface area contributed by atoms with Crippen molar-refractivity contribution in [3.8, 4) is 10.6 Å². The van der Waals surface area contributed by atoms with Gasteiger partial charge >= 0.3 is 0 Å². The lowest BCUT2D eigenvalue weighted by Crippen LogP contribution is -2.48. The number of piperidine rings is 1. The number of fused-ring (bicyclic) bond motifs is 1. The summed E-state index contributed by atoms with van der Waals surface area (Å²) >= 11 is 1.61. The minimum atomic E-state index is -0.501. The van der Waals surface area contributed by atoms with Gasteiger partial charge in [-0.05, 0) is 49.6 Å². The molecular formula is C27H26N4O2S. The van der Waals surface area contributed by atoms with E-state index in [0.29, 0.717) is 37.2 Å². The number of aromatic nitrogens is 2. The van der Waals surface area contributed by atoms with Crippen LogP contribution in [0.25, 0.3) is 20.8 Å². The molecule has 1 aliphatic heterocycles. The Labute approximate surface area is 202 Å². The Balaban J connectivity index is 1.29. The van der Waals surface area contributed by atoms with Crippen molar-refractivity contribution in [2.75, 3.05) is 18.4 Å². The molecular weight excluding hydrogens is 444 g/mol. The van der Waals surface area contributed by atoms with Crippen molar-refractivity contribution >= 4 is 39.1 Å². The van der Waals surface area contributed by atoms with Crippen LogP contribution in [0.5, 0.6) is 0 Å². The Morgan fingerprint density at radius 3 is 2.50 bits per heavy atom. The van der Waals surface area contributed by atoms with Gasteiger partial charge in [-0.3, -0.25) is 14.6 Å². The average molecular weight is 471 g/mol. The number of hydrogen-bond acceptors (Lipinski definition) is 5. The summed E-state index contributed by atoms with van der Waals surface area (Å²) in [6.45, 7) is 3.18. The van der Waals surface area contributed by atoms with Crippen LogP contribution in [0.2, 0.25) is 0 Å². The summed E-state index contributed by atoms with van der Waals surface area (Å²) in [5, 5.41) is 3.97. The maximum Gasteiger partial charge on any atom is 0.253 e. The molecule has 1 fully saturated rings. The number of benzene rings is 2. The standard InChI is InChI=1S/C27H26N4O2S/c1-2-27(12-14-31(15-13-27)25(32)19-8-4-3-5-9-19)26(33)29-21-16-20(17-28-18-21)24-30-22-10-6-7-11-23(22)34-24/h3-11,16-18H,2,12-15H2,1H3,(H,29,33). The molecule has 4 aromatic rings. The zero-order chi connectivity index (χ0) is 23.5. The zero-order valence-electron chi connectivity index (χ0n) is 19.0. The molecule has 2 aromatic carbocycles. The van der Waals surface area contributed by atoms with E-state index in [1.807, 2.05) is 66.4 Å². The van der Waals surface area contributed by atoms with Crippen LogP contribution in [0.1, 0.15) is 36.5 Å². The lowest BCUT2D eigenvalue weighted by molar-refractivity contribution is -0.128. The summed E-state index contributed by atoms with van der Waals surface area (Å²) in [5.74, 6) is 0.0171. The predicted molar refractivity (Wildman–Crippen MR) is 136 cm³/mol. The molecule has 172 valence electrons. The van der Waals surface area contributed by atoms with Crippen LogP contribution in [0, 0.1) is 5.41 Å². The van der Waals surface area contributed by atoms with Crippen molar-refractivity contribution in [1.29, 1.82) is 0 Å². The fraction of sp³-hybridized carbons (Fsp3) is 0.259. The fourth-order valence-corrected chi connectivity index (χ4v) is 5.47. The van der Waals surface area contributed by atoms with Gasteiger partial charge in [-0.1, -0.05) is 37.3 Å². The molecule has 5 rings (SSSR count). The van der Waals surface area contributed by atoms with E-state index in [4.69, 9.17) is 4.98 Å². The number of nitrogens with one attached hydrogen (secondary N) is 1. The molecule has 1 saturated heterocycles. The van der Waals surface area contributed by atoms with Crippen LogP contribution >= 0.6 is 11.3 Å². The highest BCUT2D eigenvalue weighted by Gasteiger charge is 2.41. The Hall–Kier alpha value is -3.58. The second-order valence-corrected chi connectivity index (χ2v) is 9.73. The molecule has 2 amide bonds. The van der Waals surface area contributed by atoms with E-state index in [1.165, 1.54) is 0 Å². The molecule has 0 unspecified atom stereocenters. The van der Waals surface area contributed by atoms with Crippen LogP contribution in [0.4, 0.5) is 5.69 Å². The number of anilines is 1. The van der Waals surface area contributed by atoms with Gasteiger partial charge in [0.2, 0.25) is 5.91 Å². The van der Waals surface area contributed by atoms with E-state index in [9.17, 15) is 9.59 Å². The van der Waals surface area contributed by atoms with Crippen LogP contribution in [0.15, 0.2) is 73.1 Å². The lowest BCUT2D eigenvalue weighted by atomic mass is 9.75. The summed E-state index contributed by atoms with van der Waals surface area (Å²) in [7, 11) is 0. The monoisotopic (exact) mass is 470 g/mol. The SMILES string of the molecule is CCC1(C(=O)Nc2cncc(-c3nc4ccccc4s3)c2)CCN(C(=O)c2ccccc2)CC1. The van der Waals surface area contributed by atoms with Crippen molar-refractivity contribution in [3.63, 3.8) is 0 Å². The maximum atomic E-state index is 13.4. The van der Waals surface area contributed by atoms with E-state index in [-0.39, 0.29) is 11.8 Å². The quantitative estimate of drug-likeness (QED) is 0.410. The van der Waals surface area contributed by atoms with Crippen LogP contribution in [-0.4, -0.2) is 39.8 Å². The highest BCUT2D eigenvalue weighted by molar-refractivity contribution is 7.21. The highest BCUT2D eigenvalue weighted by Crippen LogP contribution is 2.37. The first kappa shape index (κ1) is 22.2. The first-order chi connectivity index (χ1) is 16.6. The number of rotatable bonds is 5. The van der Waals surface area contributed by atoms with Crippen molar-refractivity contribution in [2.24, 2.45) is 5.41 Å². The van der Waals surface area contributed by atoms with Gasteiger partial charge in [-0.15, -0.1) is 11.3 Å². The van der Waals surface area contributed by atoms with Gasteiger partial charge < -0.3 is 10.2 Å². The van der Waals surface area contributed by atoms with Gasteiger partial charge in [-0.25, -0.2) is 4.98 Å². The number of pyridine rings is 1.